The quantitative estimate of drug-likeness (QED) is 0.615. The van der Waals surface area contributed by atoms with Crippen molar-refractivity contribution in [3.8, 4) is 5.75 Å². The highest BCUT2D eigenvalue weighted by Gasteiger charge is 2.02. The van der Waals surface area contributed by atoms with Crippen LogP contribution in [0.25, 0.3) is 0 Å². The maximum atomic E-state index is 5.98. The number of ether oxygens (including phenoxy) is 1. The van der Waals surface area contributed by atoms with Crippen LogP contribution in [0.2, 0.25) is 5.02 Å². The molecule has 5 heteroatoms. The van der Waals surface area contributed by atoms with E-state index >= 15 is 0 Å². The van der Waals surface area contributed by atoms with Crippen LogP contribution in [0.3, 0.4) is 0 Å². The molecule has 0 atom stereocenters. The SMILES string of the molecule is Cn1ccnc1SCCOc1ccccc1Cl. The number of halogens is 1. The molecule has 0 radical (unpaired) electrons. The van der Waals surface area contributed by atoms with Crippen LogP contribution in [-0.2, 0) is 7.05 Å². The summed E-state index contributed by atoms with van der Waals surface area (Å²) in [5.74, 6) is 1.57. The molecule has 1 heterocycles. The van der Waals surface area contributed by atoms with E-state index in [4.69, 9.17) is 16.3 Å². The van der Waals surface area contributed by atoms with Gasteiger partial charge in [-0.15, -0.1) is 0 Å². The largest absolute Gasteiger partial charge is 0.491 e. The van der Waals surface area contributed by atoms with Crippen molar-refractivity contribution in [1.29, 1.82) is 0 Å². The van der Waals surface area contributed by atoms with E-state index in [-0.39, 0.29) is 0 Å². The van der Waals surface area contributed by atoms with Gasteiger partial charge in [-0.3, -0.25) is 0 Å². The molecule has 0 N–H and O–H groups in total. The van der Waals surface area contributed by atoms with Crippen LogP contribution in [0.1, 0.15) is 0 Å². The zero-order valence-electron chi connectivity index (χ0n) is 9.47. The van der Waals surface area contributed by atoms with Gasteiger partial charge in [0.25, 0.3) is 0 Å². The van der Waals surface area contributed by atoms with Crippen molar-refractivity contribution < 1.29 is 4.74 Å². The summed E-state index contributed by atoms with van der Waals surface area (Å²) in [7, 11) is 1.98. The Kier molecular flexibility index (Phi) is 4.34. The highest BCUT2D eigenvalue weighted by Crippen LogP contribution is 2.23. The molecule has 0 amide bonds. The van der Waals surface area contributed by atoms with Gasteiger partial charge in [-0.05, 0) is 12.1 Å². The predicted octanol–water partition coefficient (Wildman–Crippen LogP) is 3.24. The number of aromatic nitrogens is 2. The van der Waals surface area contributed by atoms with Gasteiger partial charge >= 0.3 is 0 Å². The fraction of sp³-hybridized carbons (Fsp3) is 0.250. The minimum absolute atomic E-state index is 0.612. The first-order chi connectivity index (χ1) is 8.27. The molecule has 2 aromatic rings. The van der Waals surface area contributed by atoms with Gasteiger partial charge in [-0.1, -0.05) is 35.5 Å². The molecule has 1 aromatic carbocycles. The molecule has 3 nitrogen and oxygen atoms in total. The van der Waals surface area contributed by atoms with Crippen molar-refractivity contribution in [3.05, 3.63) is 41.7 Å². The maximum Gasteiger partial charge on any atom is 0.167 e. The fourth-order valence-corrected chi connectivity index (χ4v) is 2.28. The lowest BCUT2D eigenvalue weighted by Crippen LogP contribution is -2.01. The zero-order chi connectivity index (χ0) is 12.1. The molecule has 90 valence electrons. The second kappa shape index (κ2) is 5.98. The monoisotopic (exact) mass is 268 g/mol. The first-order valence-electron chi connectivity index (χ1n) is 5.25. The van der Waals surface area contributed by atoms with E-state index in [1.165, 1.54) is 0 Å². The van der Waals surface area contributed by atoms with Crippen LogP contribution < -0.4 is 4.74 Å². The molecule has 0 saturated carbocycles. The third-order valence-corrected chi connectivity index (χ3v) is 3.52. The van der Waals surface area contributed by atoms with Crippen molar-refractivity contribution >= 4 is 23.4 Å². The van der Waals surface area contributed by atoms with E-state index in [1.807, 2.05) is 42.1 Å². The van der Waals surface area contributed by atoms with E-state index in [1.54, 1.807) is 18.0 Å². The Morgan fingerprint density at radius 1 is 1.41 bits per heavy atom. The topological polar surface area (TPSA) is 27.1 Å². The average Bonchev–Trinajstić information content (AvgIpc) is 2.73. The molecular formula is C12H13ClN2OS. The van der Waals surface area contributed by atoms with E-state index in [0.29, 0.717) is 11.6 Å². The van der Waals surface area contributed by atoms with Crippen LogP contribution in [-0.4, -0.2) is 21.9 Å². The molecule has 0 aliphatic carbocycles. The van der Waals surface area contributed by atoms with E-state index in [0.717, 1.165) is 16.7 Å². The molecule has 17 heavy (non-hydrogen) atoms. The van der Waals surface area contributed by atoms with Crippen molar-refractivity contribution in [2.75, 3.05) is 12.4 Å². The molecule has 0 aliphatic heterocycles. The summed E-state index contributed by atoms with van der Waals surface area (Å²) >= 11 is 7.64. The van der Waals surface area contributed by atoms with Crippen LogP contribution in [0.5, 0.6) is 5.75 Å². The van der Waals surface area contributed by atoms with Crippen molar-refractivity contribution in [1.82, 2.24) is 9.55 Å². The first kappa shape index (κ1) is 12.3. The van der Waals surface area contributed by atoms with E-state index < -0.39 is 0 Å². The lowest BCUT2D eigenvalue weighted by atomic mass is 10.3. The van der Waals surface area contributed by atoms with Gasteiger partial charge < -0.3 is 9.30 Å². The zero-order valence-corrected chi connectivity index (χ0v) is 11.0. The number of hydrogen-bond acceptors (Lipinski definition) is 3. The second-order valence-corrected chi connectivity index (χ2v) is 4.92. The summed E-state index contributed by atoms with van der Waals surface area (Å²) in [5, 5.41) is 1.64. The van der Waals surface area contributed by atoms with E-state index in [2.05, 4.69) is 4.98 Å². The van der Waals surface area contributed by atoms with Crippen molar-refractivity contribution in [2.24, 2.45) is 7.05 Å². The Hall–Kier alpha value is -1.13. The third-order valence-electron chi connectivity index (χ3n) is 2.19. The molecule has 0 spiro atoms. The Morgan fingerprint density at radius 3 is 2.94 bits per heavy atom. The van der Waals surface area contributed by atoms with Gasteiger partial charge in [0, 0.05) is 25.2 Å². The van der Waals surface area contributed by atoms with E-state index in [9.17, 15) is 0 Å². The highest BCUT2D eigenvalue weighted by atomic mass is 35.5. The number of benzene rings is 1. The Morgan fingerprint density at radius 2 is 2.24 bits per heavy atom. The Bertz CT molecular complexity index is 487. The molecule has 0 saturated heterocycles. The van der Waals surface area contributed by atoms with Crippen molar-refractivity contribution in [2.45, 2.75) is 5.16 Å². The molecule has 0 bridgehead atoms. The number of para-hydroxylation sites is 1. The van der Waals surface area contributed by atoms with Crippen LogP contribution in [0.15, 0.2) is 41.8 Å². The van der Waals surface area contributed by atoms with Gasteiger partial charge in [0.1, 0.15) is 5.75 Å². The third kappa shape index (κ3) is 3.41. The lowest BCUT2D eigenvalue weighted by molar-refractivity contribution is 0.344. The predicted molar refractivity (Wildman–Crippen MR) is 70.9 cm³/mol. The van der Waals surface area contributed by atoms with Crippen molar-refractivity contribution in [3.63, 3.8) is 0 Å². The number of thioether (sulfide) groups is 1. The fourth-order valence-electron chi connectivity index (χ4n) is 1.34. The van der Waals surface area contributed by atoms with Crippen LogP contribution in [0, 0.1) is 0 Å². The van der Waals surface area contributed by atoms with Crippen LogP contribution in [0.4, 0.5) is 0 Å². The second-order valence-electron chi connectivity index (χ2n) is 3.45. The normalized spacial score (nSPS) is 10.5. The minimum atomic E-state index is 0.612. The van der Waals surface area contributed by atoms with Gasteiger partial charge in [-0.2, -0.15) is 0 Å². The maximum absolute atomic E-state index is 5.98. The summed E-state index contributed by atoms with van der Waals surface area (Å²) < 4.78 is 7.57. The standard InChI is InChI=1S/C12H13ClN2OS/c1-15-7-6-14-12(15)17-9-8-16-11-5-3-2-4-10(11)13/h2-7H,8-9H2,1H3. The molecule has 2 rings (SSSR count). The minimum Gasteiger partial charge on any atom is -0.491 e. The summed E-state index contributed by atoms with van der Waals surface area (Å²) in [5.41, 5.74) is 0. The molecule has 0 aliphatic rings. The van der Waals surface area contributed by atoms with Crippen LogP contribution >= 0.6 is 23.4 Å². The number of rotatable bonds is 5. The summed E-state index contributed by atoms with van der Waals surface area (Å²) in [4.78, 5) is 4.22. The average molecular weight is 269 g/mol. The summed E-state index contributed by atoms with van der Waals surface area (Å²) in [6.45, 7) is 0.612. The first-order valence-corrected chi connectivity index (χ1v) is 6.61. The lowest BCUT2D eigenvalue weighted by Gasteiger charge is -2.07. The number of imidazole rings is 1. The van der Waals surface area contributed by atoms with Gasteiger partial charge in [0.2, 0.25) is 0 Å². The smallest absolute Gasteiger partial charge is 0.167 e. The van der Waals surface area contributed by atoms with Gasteiger partial charge in [0.05, 0.1) is 11.6 Å². The molecule has 1 aromatic heterocycles. The number of nitrogens with zero attached hydrogens (tertiary/aromatic N) is 2. The van der Waals surface area contributed by atoms with Gasteiger partial charge in [0.15, 0.2) is 5.16 Å². The summed E-state index contributed by atoms with van der Waals surface area (Å²) in [6.07, 6.45) is 3.72. The summed E-state index contributed by atoms with van der Waals surface area (Å²) in [6, 6.07) is 7.49. The molecular weight excluding hydrogens is 256 g/mol. The van der Waals surface area contributed by atoms with Gasteiger partial charge in [-0.25, -0.2) is 4.98 Å². The number of hydrogen-bond donors (Lipinski definition) is 0. The number of aryl methyl sites for hydroxylation is 1. The molecule has 0 unspecified atom stereocenters. The molecule has 0 fully saturated rings. The Labute approximate surface area is 110 Å². The Balaban J connectivity index is 1.77. The highest BCUT2D eigenvalue weighted by molar-refractivity contribution is 7.99.